The minimum Gasteiger partial charge on any atom is -0.281 e. The zero-order valence-electron chi connectivity index (χ0n) is 13.9. The van der Waals surface area contributed by atoms with E-state index in [2.05, 4.69) is 34.3 Å². The molecule has 0 spiro atoms. The van der Waals surface area contributed by atoms with Gasteiger partial charge in [-0.3, -0.25) is 19.7 Å². The Morgan fingerprint density at radius 2 is 2.04 bits per heavy atom. The van der Waals surface area contributed by atoms with Crippen LogP contribution in [0.15, 0.2) is 54.7 Å². The lowest BCUT2D eigenvalue weighted by atomic mass is 10.0. The fourth-order valence-electron chi connectivity index (χ4n) is 3.66. The molecular weight excluding hydrogens is 316 g/mol. The Kier molecular flexibility index (Phi) is 4.19. The predicted molar refractivity (Wildman–Crippen MR) is 96.3 cm³/mol. The van der Waals surface area contributed by atoms with Crippen molar-refractivity contribution >= 4 is 16.6 Å². The van der Waals surface area contributed by atoms with E-state index < -0.39 is 0 Å². The third-order valence-electron chi connectivity index (χ3n) is 4.97. The summed E-state index contributed by atoms with van der Waals surface area (Å²) in [5, 5.41) is 16.4. The number of rotatable bonds is 5. The van der Waals surface area contributed by atoms with E-state index in [1.54, 1.807) is 18.3 Å². The monoisotopic (exact) mass is 336 g/mol. The first kappa shape index (κ1) is 15.8. The molecule has 3 aromatic rings. The van der Waals surface area contributed by atoms with Gasteiger partial charge in [0.15, 0.2) is 0 Å². The normalized spacial score (nSPS) is 18.0. The highest BCUT2D eigenvalue weighted by Gasteiger charge is 2.25. The second-order valence-corrected chi connectivity index (χ2v) is 6.58. The molecule has 128 valence electrons. The van der Waals surface area contributed by atoms with Crippen molar-refractivity contribution in [2.45, 2.75) is 32.0 Å². The number of hydrogen-bond donors (Lipinski definition) is 0. The molecule has 1 unspecified atom stereocenters. The number of benzene rings is 2. The van der Waals surface area contributed by atoms with Gasteiger partial charge in [-0.1, -0.05) is 30.3 Å². The largest absolute Gasteiger partial charge is 0.281 e. The molecule has 1 saturated heterocycles. The van der Waals surface area contributed by atoms with Crippen LogP contribution in [-0.2, 0) is 13.1 Å². The maximum absolute atomic E-state index is 11.0. The van der Waals surface area contributed by atoms with Crippen molar-refractivity contribution in [1.82, 2.24) is 14.7 Å². The maximum Gasteiger partial charge on any atom is 0.271 e. The smallest absolute Gasteiger partial charge is 0.271 e. The highest BCUT2D eigenvalue weighted by Crippen LogP contribution is 2.25. The second-order valence-electron chi connectivity index (χ2n) is 6.58. The molecule has 0 N–H and O–H groups in total. The van der Waals surface area contributed by atoms with Crippen molar-refractivity contribution in [3.8, 4) is 0 Å². The lowest BCUT2D eigenvalue weighted by Gasteiger charge is -2.24. The molecular formula is C19H20N4O2. The predicted octanol–water partition coefficient (Wildman–Crippen LogP) is 3.61. The standard InChI is InChI=1S/C19H20N4O2/c24-23(25)18-9-8-16-13-20-22(19(16)12-18)14-21-10-4-7-17(21)11-15-5-2-1-3-6-15/h1-3,5-6,8-9,12-13,17H,4,7,10-11,14H2. The van der Waals surface area contributed by atoms with Crippen molar-refractivity contribution in [3.05, 3.63) is 70.4 Å². The molecule has 1 fully saturated rings. The molecule has 1 aromatic heterocycles. The summed E-state index contributed by atoms with van der Waals surface area (Å²) in [6.45, 7) is 1.70. The average Bonchev–Trinajstić information content (AvgIpc) is 3.23. The minimum atomic E-state index is -0.356. The number of hydrogen-bond acceptors (Lipinski definition) is 4. The number of non-ortho nitro benzene ring substituents is 1. The molecule has 2 heterocycles. The van der Waals surface area contributed by atoms with Gasteiger partial charge in [0.25, 0.3) is 5.69 Å². The van der Waals surface area contributed by atoms with Crippen LogP contribution in [0.3, 0.4) is 0 Å². The maximum atomic E-state index is 11.0. The van der Waals surface area contributed by atoms with Crippen molar-refractivity contribution in [2.75, 3.05) is 6.54 Å². The molecule has 1 atom stereocenters. The second kappa shape index (κ2) is 6.64. The van der Waals surface area contributed by atoms with Crippen LogP contribution in [0.5, 0.6) is 0 Å². The Morgan fingerprint density at radius 1 is 1.20 bits per heavy atom. The molecule has 0 radical (unpaired) electrons. The van der Waals surface area contributed by atoms with E-state index in [1.807, 2.05) is 10.7 Å². The molecule has 0 amide bonds. The summed E-state index contributed by atoms with van der Waals surface area (Å²) < 4.78 is 1.88. The first-order chi connectivity index (χ1) is 12.2. The third kappa shape index (κ3) is 3.25. The molecule has 4 rings (SSSR count). The van der Waals surface area contributed by atoms with E-state index in [1.165, 1.54) is 24.5 Å². The van der Waals surface area contributed by atoms with Crippen molar-refractivity contribution in [1.29, 1.82) is 0 Å². The van der Waals surface area contributed by atoms with Gasteiger partial charge in [-0.05, 0) is 30.9 Å². The van der Waals surface area contributed by atoms with Crippen molar-refractivity contribution < 1.29 is 4.92 Å². The number of aromatic nitrogens is 2. The van der Waals surface area contributed by atoms with Crippen LogP contribution in [0.25, 0.3) is 10.9 Å². The summed E-state index contributed by atoms with van der Waals surface area (Å²) in [6.07, 6.45) is 5.16. The van der Waals surface area contributed by atoms with Crippen LogP contribution in [0.2, 0.25) is 0 Å². The first-order valence-electron chi connectivity index (χ1n) is 8.58. The molecule has 0 aliphatic carbocycles. The molecule has 25 heavy (non-hydrogen) atoms. The zero-order valence-corrected chi connectivity index (χ0v) is 13.9. The van der Waals surface area contributed by atoms with E-state index in [9.17, 15) is 10.1 Å². The number of nitrogens with zero attached hydrogens (tertiary/aromatic N) is 4. The quantitative estimate of drug-likeness (QED) is 0.527. The van der Waals surface area contributed by atoms with Gasteiger partial charge < -0.3 is 0 Å². The van der Waals surface area contributed by atoms with Gasteiger partial charge in [-0.2, -0.15) is 5.10 Å². The van der Waals surface area contributed by atoms with Crippen molar-refractivity contribution in [3.63, 3.8) is 0 Å². The van der Waals surface area contributed by atoms with Crippen LogP contribution in [0.1, 0.15) is 18.4 Å². The molecule has 0 saturated carbocycles. The Bertz CT molecular complexity index is 891. The van der Waals surface area contributed by atoms with Crippen molar-refractivity contribution in [2.24, 2.45) is 0 Å². The minimum absolute atomic E-state index is 0.108. The van der Waals surface area contributed by atoms with E-state index in [0.717, 1.165) is 23.9 Å². The highest BCUT2D eigenvalue weighted by atomic mass is 16.6. The number of nitro benzene ring substituents is 1. The van der Waals surface area contributed by atoms with E-state index in [-0.39, 0.29) is 10.6 Å². The van der Waals surface area contributed by atoms with Gasteiger partial charge >= 0.3 is 0 Å². The van der Waals surface area contributed by atoms with Gasteiger partial charge in [0.05, 0.1) is 23.3 Å². The Hall–Kier alpha value is -2.73. The Balaban J connectivity index is 1.55. The number of nitro groups is 1. The lowest BCUT2D eigenvalue weighted by molar-refractivity contribution is -0.384. The van der Waals surface area contributed by atoms with Gasteiger partial charge in [0.2, 0.25) is 0 Å². The molecule has 6 heteroatoms. The van der Waals surface area contributed by atoms with Crippen LogP contribution in [0.4, 0.5) is 5.69 Å². The van der Waals surface area contributed by atoms with Gasteiger partial charge in [-0.25, -0.2) is 0 Å². The van der Waals surface area contributed by atoms with Gasteiger partial charge in [-0.15, -0.1) is 0 Å². The third-order valence-corrected chi connectivity index (χ3v) is 4.97. The lowest BCUT2D eigenvalue weighted by Crippen LogP contribution is -2.33. The summed E-state index contributed by atoms with van der Waals surface area (Å²) in [6, 6.07) is 15.9. The van der Waals surface area contributed by atoms with Crippen LogP contribution < -0.4 is 0 Å². The summed E-state index contributed by atoms with van der Waals surface area (Å²) in [7, 11) is 0. The Morgan fingerprint density at radius 3 is 2.84 bits per heavy atom. The molecule has 6 nitrogen and oxygen atoms in total. The van der Waals surface area contributed by atoms with E-state index >= 15 is 0 Å². The topological polar surface area (TPSA) is 64.2 Å². The number of fused-ring (bicyclic) bond motifs is 1. The summed E-state index contributed by atoms with van der Waals surface area (Å²) in [5.41, 5.74) is 2.27. The summed E-state index contributed by atoms with van der Waals surface area (Å²) in [4.78, 5) is 13.1. The SMILES string of the molecule is O=[N+]([O-])c1ccc2cnn(CN3CCCC3Cc3ccccc3)c2c1. The highest BCUT2D eigenvalue weighted by molar-refractivity contribution is 5.80. The molecule has 1 aliphatic rings. The zero-order chi connectivity index (χ0) is 17.2. The van der Waals surface area contributed by atoms with Gasteiger partial charge in [0.1, 0.15) is 0 Å². The van der Waals surface area contributed by atoms with E-state index in [4.69, 9.17) is 0 Å². The fourth-order valence-corrected chi connectivity index (χ4v) is 3.66. The fraction of sp³-hybridized carbons (Fsp3) is 0.316. The van der Waals surface area contributed by atoms with Crippen LogP contribution in [-0.4, -0.2) is 32.2 Å². The van der Waals surface area contributed by atoms with Crippen LogP contribution in [0, 0.1) is 10.1 Å². The summed E-state index contributed by atoms with van der Waals surface area (Å²) >= 11 is 0. The first-order valence-corrected chi connectivity index (χ1v) is 8.58. The van der Waals surface area contributed by atoms with E-state index in [0.29, 0.717) is 12.7 Å². The van der Waals surface area contributed by atoms with Gasteiger partial charge in [0, 0.05) is 30.1 Å². The van der Waals surface area contributed by atoms with Crippen LogP contribution >= 0.6 is 0 Å². The molecule has 0 bridgehead atoms. The Labute approximate surface area is 145 Å². The average molecular weight is 336 g/mol. The molecule has 1 aliphatic heterocycles. The summed E-state index contributed by atoms with van der Waals surface area (Å²) in [5.74, 6) is 0. The molecule has 2 aromatic carbocycles. The number of likely N-dealkylation sites (tertiary alicyclic amines) is 1.